The van der Waals surface area contributed by atoms with E-state index < -0.39 is 0 Å². The van der Waals surface area contributed by atoms with Crippen molar-refractivity contribution in [2.75, 3.05) is 23.0 Å². The largest absolute Gasteiger partial charge is 0.337 e. The Kier molecular flexibility index (Phi) is 5.89. The van der Waals surface area contributed by atoms with E-state index in [0.717, 1.165) is 15.5 Å². The number of nitriles is 1. The molecule has 3 rings (SSSR count). The molecule has 2 aromatic rings. The zero-order chi connectivity index (χ0) is 19.4. The summed E-state index contributed by atoms with van der Waals surface area (Å²) in [6.45, 7) is 1.45. The van der Waals surface area contributed by atoms with Crippen molar-refractivity contribution >= 4 is 46.6 Å². The number of Topliss-reactive ketones (excluding diaryl/α,β-unsaturated/α-hetero) is 1. The molecule has 1 heterocycles. The van der Waals surface area contributed by atoms with Gasteiger partial charge in [0, 0.05) is 29.4 Å². The number of amides is 1. The molecular weight excluding hydrogens is 378 g/mol. The van der Waals surface area contributed by atoms with Gasteiger partial charge in [0.1, 0.15) is 16.7 Å². The van der Waals surface area contributed by atoms with Gasteiger partial charge in [-0.2, -0.15) is 5.26 Å². The van der Waals surface area contributed by atoms with Crippen LogP contribution in [0.5, 0.6) is 0 Å². The van der Waals surface area contributed by atoms with Crippen molar-refractivity contribution in [3.05, 3.63) is 59.1 Å². The minimum atomic E-state index is -0.199. The van der Waals surface area contributed by atoms with Crippen LogP contribution in [0.4, 0.5) is 11.4 Å². The number of anilines is 2. The zero-order valence-electron chi connectivity index (χ0n) is 14.9. The predicted molar refractivity (Wildman–Crippen MR) is 110 cm³/mol. The first-order valence-corrected chi connectivity index (χ1v) is 9.98. The molecule has 0 unspecified atom stereocenters. The van der Waals surface area contributed by atoms with Crippen molar-refractivity contribution in [1.29, 1.82) is 5.26 Å². The fourth-order valence-electron chi connectivity index (χ4n) is 2.61. The lowest BCUT2D eigenvalue weighted by molar-refractivity contribution is -0.114. The first kappa shape index (κ1) is 19.1. The molecule has 0 atom stereocenters. The number of nitrogens with one attached hydrogen (secondary N) is 1. The van der Waals surface area contributed by atoms with Crippen molar-refractivity contribution in [2.24, 2.45) is 0 Å². The van der Waals surface area contributed by atoms with Crippen LogP contribution in [-0.2, 0) is 9.59 Å². The molecule has 0 saturated heterocycles. The average Bonchev–Trinajstić information content (AvgIpc) is 2.98. The molecule has 1 aliphatic heterocycles. The molecule has 0 spiro atoms. The minimum Gasteiger partial charge on any atom is -0.337 e. The van der Waals surface area contributed by atoms with Crippen molar-refractivity contribution < 1.29 is 9.59 Å². The molecule has 0 saturated carbocycles. The van der Waals surface area contributed by atoms with Crippen molar-refractivity contribution in [1.82, 2.24) is 0 Å². The number of para-hydroxylation sites is 1. The molecule has 0 radical (unpaired) electrons. The van der Waals surface area contributed by atoms with Gasteiger partial charge in [0.05, 0.1) is 11.4 Å². The number of carbonyl (C=O) groups excluding carboxylic acids is 2. The highest BCUT2D eigenvalue weighted by Gasteiger charge is 2.27. The Morgan fingerprint density at radius 1 is 1.19 bits per heavy atom. The second-order valence-electron chi connectivity index (χ2n) is 5.84. The highest BCUT2D eigenvalue weighted by Crippen LogP contribution is 2.46. The van der Waals surface area contributed by atoms with E-state index in [9.17, 15) is 14.9 Å². The van der Waals surface area contributed by atoms with Crippen LogP contribution in [0.2, 0.25) is 0 Å². The molecule has 5 nitrogen and oxygen atoms in total. The summed E-state index contributed by atoms with van der Waals surface area (Å²) in [6, 6.07) is 17.2. The number of hydrogen-bond acceptors (Lipinski definition) is 6. The number of nitrogens with zero attached hydrogens (tertiary/aromatic N) is 2. The highest BCUT2D eigenvalue weighted by molar-refractivity contribution is 8.03. The second-order valence-corrected chi connectivity index (χ2v) is 7.92. The lowest BCUT2D eigenvalue weighted by Crippen LogP contribution is -2.16. The first-order chi connectivity index (χ1) is 13.0. The Morgan fingerprint density at radius 3 is 2.52 bits per heavy atom. The topological polar surface area (TPSA) is 73.2 Å². The van der Waals surface area contributed by atoms with Gasteiger partial charge in [-0.05, 0) is 36.4 Å². The highest BCUT2D eigenvalue weighted by atomic mass is 32.2. The number of hydrogen-bond donors (Lipinski definition) is 1. The van der Waals surface area contributed by atoms with Crippen molar-refractivity contribution in [2.45, 2.75) is 16.7 Å². The Hall–Kier alpha value is -2.69. The maximum atomic E-state index is 12.6. The molecule has 27 heavy (non-hydrogen) atoms. The van der Waals surface area contributed by atoms with Gasteiger partial charge in [0.25, 0.3) is 0 Å². The average molecular weight is 396 g/mol. The lowest BCUT2D eigenvalue weighted by atomic mass is 10.2. The number of ketones is 1. The molecule has 0 aromatic heterocycles. The summed E-state index contributed by atoms with van der Waals surface area (Å²) in [4.78, 5) is 27.5. The van der Waals surface area contributed by atoms with Crippen LogP contribution in [0, 0.1) is 11.3 Å². The number of allylic oxidation sites excluding steroid dienone is 1. The fourth-order valence-corrected chi connectivity index (χ4v) is 4.54. The zero-order valence-corrected chi connectivity index (χ0v) is 16.5. The molecule has 7 heteroatoms. The van der Waals surface area contributed by atoms with E-state index in [0.29, 0.717) is 10.7 Å². The molecule has 0 bridgehead atoms. The molecule has 1 N–H and O–H groups in total. The predicted octanol–water partition coefficient (Wildman–Crippen LogP) is 4.28. The monoisotopic (exact) mass is 395 g/mol. The van der Waals surface area contributed by atoms with Crippen molar-refractivity contribution in [3.63, 3.8) is 0 Å². The fraction of sp³-hybridized carbons (Fsp3) is 0.150. The summed E-state index contributed by atoms with van der Waals surface area (Å²) >= 11 is 2.82. The third-order valence-corrected chi connectivity index (χ3v) is 6.14. The summed E-state index contributed by atoms with van der Waals surface area (Å²) < 4.78 is 0. The molecule has 1 aliphatic rings. The summed E-state index contributed by atoms with van der Waals surface area (Å²) in [7, 11) is 1.87. The summed E-state index contributed by atoms with van der Waals surface area (Å²) in [5.41, 5.74) is 1.89. The van der Waals surface area contributed by atoms with Gasteiger partial charge in [0.15, 0.2) is 5.78 Å². The Bertz CT molecular complexity index is 962. The SMILES string of the molecule is CC(=O)Nc1ccc(SCC(=O)/C(C#N)=C2/Sc3ccccc3N2C)cc1. The quantitative estimate of drug-likeness (QED) is 0.463. The van der Waals surface area contributed by atoms with Gasteiger partial charge in [-0.3, -0.25) is 9.59 Å². The Balaban J connectivity index is 1.70. The summed E-state index contributed by atoms with van der Waals surface area (Å²) in [5, 5.41) is 12.9. The standard InChI is InChI=1S/C20H17N3O2S2/c1-13(24)22-14-7-9-15(10-8-14)26-12-18(25)16(11-21)20-23(2)17-5-3-4-6-19(17)27-20/h3-10H,12H2,1-2H3,(H,22,24)/b20-16+. The van der Waals surface area contributed by atoms with Gasteiger partial charge < -0.3 is 10.2 Å². The van der Waals surface area contributed by atoms with Gasteiger partial charge in [-0.1, -0.05) is 23.9 Å². The van der Waals surface area contributed by atoms with E-state index in [1.165, 1.54) is 30.4 Å². The molecule has 0 fully saturated rings. The number of carbonyl (C=O) groups is 2. The minimum absolute atomic E-state index is 0.130. The molecule has 136 valence electrons. The summed E-state index contributed by atoms with van der Waals surface area (Å²) in [6.07, 6.45) is 0. The molecule has 1 amide bonds. The number of benzene rings is 2. The third-order valence-electron chi connectivity index (χ3n) is 3.89. The smallest absolute Gasteiger partial charge is 0.221 e. The van der Waals surface area contributed by atoms with Crippen LogP contribution in [0.15, 0.2) is 68.9 Å². The normalized spacial score (nSPS) is 14.3. The van der Waals surface area contributed by atoms with Gasteiger partial charge in [-0.15, -0.1) is 11.8 Å². The van der Waals surface area contributed by atoms with Gasteiger partial charge in [0.2, 0.25) is 5.91 Å². The van der Waals surface area contributed by atoms with Crippen LogP contribution in [0.25, 0.3) is 0 Å². The van der Waals surface area contributed by atoms with E-state index in [4.69, 9.17) is 0 Å². The Labute approximate surface area is 166 Å². The maximum absolute atomic E-state index is 12.6. The van der Waals surface area contributed by atoms with E-state index in [2.05, 4.69) is 11.4 Å². The van der Waals surface area contributed by atoms with Gasteiger partial charge >= 0.3 is 0 Å². The summed E-state index contributed by atoms with van der Waals surface area (Å²) in [5.74, 6) is -0.151. The Morgan fingerprint density at radius 2 is 1.89 bits per heavy atom. The van der Waals surface area contributed by atoms with Crippen LogP contribution in [0.3, 0.4) is 0 Å². The van der Waals surface area contributed by atoms with Crippen LogP contribution < -0.4 is 10.2 Å². The van der Waals surface area contributed by atoms with E-state index in [1.807, 2.05) is 48.3 Å². The molecule has 2 aromatic carbocycles. The van der Waals surface area contributed by atoms with Gasteiger partial charge in [-0.25, -0.2) is 0 Å². The third kappa shape index (κ3) is 4.35. The maximum Gasteiger partial charge on any atom is 0.221 e. The van der Waals surface area contributed by atoms with E-state index in [-0.39, 0.29) is 23.0 Å². The van der Waals surface area contributed by atoms with E-state index in [1.54, 1.807) is 12.1 Å². The van der Waals surface area contributed by atoms with Crippen LogP contribution >= 0.6 is 23.5 Å². The van der Waals surface area contributed by atoms with Crippen LogP contribution in [0.1, 0.15) is 6.92 Å². The molecular formula is C20H17N3O2S2. The first-order valence-electron chi connectivity index (χ1n) is 8.18. The van der Waals surface area contributed by atoms with E-state index >= 15 is 0 Å². The van der Waals surface area contributed by atoms with Crippen LogP contribution in [-0.4, -0.2) is 24.5 Å². The number of rotatable bonds is 5. The second kappa shape index (κ2) is 8.33. The number of fused-ring (bicyclic) bond motifs is 1. The van der Waals surface area contributed by atoms with Crippen molar-refractivity contribution in [3.8, 4) is 6.07 Å². The molecule has 0 aliphatic carbocycles. The lowest BCUT2D eigenvalue weighted by Gasteiger charge is -2.14. The number of thioether (sulfide) groups is 2.